The zero-order chi connectivity index (χ0) is 14.7. The van der Waals surface area contributed by atoms with Gasteiger partial charge < -0.3 is 10.2 Å². The van der Waals surface area contributed by atoms with Crippen molar-refractivity contribution < 1.29 is 4.79 Å². The first-order valence-electron chi connectivity index (χ1n) is 5.97. The predicted octanol–water partition coefficient (Wildman–Crippen LogP) is 5.14. The summed E-state index contributed by atoms with van der Waals surface area (Å²) in [6.07, 6.45) is 0. The van der Waals surface area contributed by atoms with E-state index in [0.29, 0.717) is 17.3 Å². The lowest BCUT2D eigenvalue weighted by Crippen LogP contribution is -2.30. The van der Waals surface area contributed by atoms with Crippen molar-refractivity contribution in [1.82, 2.24) is 4.90 Å². The Hall–Kier alpha value is -1.04. The predicted molar refractivity (Wildman–Crippen MR) is 88.7 cm³/mol. The molecule has 1 aromatic heterocycles. The van der Waals surface area contributed by atoms with Crippen LogP contribution in [0.5, 0.6) is 0 Å². The lowest BCUT2D eigenvalue weighted by Gasteiger charge is -2.17. The fourth-order valence-electron chi connectivity index (χ4n) is 1.66. The summed E-state index contributed by atoms with van der Waals surface area (Å²) in [6.45, 7) is 2.49. The van der Waals surface area contributed by atoms with Crippen LogP contribution in [0.1, 0.15) is 11.1 Å². The number of benzene rings is 1. The standard InChI is InChI=1S/C14H14BrClN2OS/c1-9-3-4-11(6-12(9)16)17-14(19)18(2)7-10-5-13(15)20-8-10/h3-6,8H,7H2,1-2H3,(H,17,19). The minimum Gasteiger partial charge on any atom is -0.323 e. The minimum atomic E-state index is -0.160. The molecule has 20 heavy (non-hydrogen) atoms. The first-order chi connectivity index (χ1) is 9.45. The zero-order valence-corrected chi connectivity index (χ0v) is 14.3. The molecule has 0 spiro atoms. The summed E-state index contributed by atoms with van der Waals surface area (Å²) in [5, 5.41) is 5.50. The summed E-state index contributed by atoms with van der Waals surface area (Å²) in [5.41, 5.74) is 2.78. The Morgan fingerprint density at radius 3 is 2.80 bits per heavy atom. The molecular weight excluding hydrogens is 360 g/mol. The molecule has 2 rings (SSSR count). The van der Waals surface area contributed by atoms with Crippen LogP contribution in [-0.4, -0.2) is 18.0 Å². The third kappa shape index (κ3) is 3.98. The Bertz CT molecular complexity index is 629. The number of rotatable bonds is 3. The van der Waals surface area contributed by atoms with E-state index in [2.05, 4.69) is 21.2 Å². The van der Waals surface area contributed by atoms with Crippen molar-refractivity contribution in [2.24, 2.45) is 0 Å². The maximum atomic E-state index is 12.1. The molecule has 2 amide bonds. The number of amides is 2. The average molecular weight is 374 g/mol. The molecule has 0 bridgehead atoms. The Kier molecular flexibility index (Phi) is 5.07. The van der Waals surface area contributed by atoms with Gasteiger partial charge in [0.15, 0.2) is 0 Å². The van der Waals surface area contributed by atoms with Gasteiger partial charge in [0, 0.05) is 24.3 Å². The van der Waals surface area contributed by atoms with Crippen molar-refractivity contribution in [3.63, 3.8) is 0 Å². The zero-order valence-electron chi connectivity index (χ0n) is 11.1. The molecular formula is C14H14BrClN2OS. The minimum absolute atomic E-state index is 0.160. The third-order valence-electron chi connectivity index (χ3n) is 2.81. The second kappa shape index (κ2) is 6.61. The van der Waals surface area contributed by atoms with Crippen molar-refractivity contribution in [2.75, 3.05) is 12.4 Å². The van der Waals surface area contributed by atoms with Crippen LogP contribution in [0.25, 0.3) is 0 Å². The van der Waals surface area contributed by atoms with Gasteiger partial charge in [0.25, 0.3) is 0 Å². The van der Waals surface area contributed by atoms with Gasteiger partial charge in [0.2, 0.25) is 0 Å². The van der Waals surface area contributed by atoms with Crippen molar-refractivity contribution in [2.45, 2.75) is 13.5 Å². The van der Waals surface area contributed by atoms with Gasteiger partial charge in [-0.3, -0.25) is 0 Å². The fourth-order valence-corrected chi connectivity index (χ4v) is 3.04. The van der Waals surface area contributed by atoms with Gasteiger partial charge >= 0.3 is 6.03 Å². The Labute approximate surface area is 135 Å². The normalized spacial score (nSPS) is 10.4. The van der Waals surface area contributed by atoms with E-state index in [1.165, 1.54) is 0 Å². The molecule has 0 atom stereocenters. The first-order valence-corrected chi connectivity index (χ1v) is 8.02. The van der Waals surface area contributed by atoms with Crippen LogP contribution in [0.4, 0.5) is 10.5 Å². The van der Waals surface area contributed by atoms with E-state index in [4.69, 9.17) is 11.6 Å². The number of nitrogens with one attached hydrogen (secondary N) is 1. The molecule has 0 saturated carbocycles. The van der Waals surface area contributed by atoms with Crippen LogP contribution >= 0.6 is 38.9 Å². The molecule has 2 aromatic rings. The van der Waals surface area contributed by atoms with Crippen LogP contribution in [0.3, 0.4) is 0 Å². The van der Waals surface area contributed by atoms with Crippen LogP contribution in [0, 0.1) is 6.92 Å². The van der Waals surface area contributed by atoms with Crippen molar-refractivity contribution in [3.8, 4) is 0 Å². The molecule has 1 heterocycles. The van der Waals surface area contributed by atoms with Crippen LogP contribution < -0.4 is 5.32 Å². The molecule has 0 radical (unpaired) electrons. The van der Waals surface area contributed by atoms with Gasteiger partial charge in [-0.05, 0) is 57.6 Å². The lowest BCUT2D eigenvalue weighted by atomic mass is 10.2. The van der Waals surface area contributed by atoms with Gasteiger partial charge in [-0.1, -0.05) is 17.7 Å². The maximum absolute atomic E-state index is 12.1. The van der Waals surface area contributed by atoms with E-state index in [0.717, 1.165) is 14.9 Å². The van der Waals surface area contributed by atoms with Crippen LogP contribution in [-0.2, 0) is 6.54 Å². The Morgan fingerprint density at radius 1 is 1.45 bits per heavy atom. The largest absolute Gasteiger partial charge is 0.323 e. The number of carbonyl (C=O) groups excluding carboxylic acids is 1. The van der Waals surface area contributed by atoms with Gasteiger partial charge in [-0.15, -0.1) is 11.3 Å². The highest BCUT2D eigenvalue weighted by molar-refractivity contribution is 9.11. The van der Waals surface area contributed by atoms with Gasteiger partial charge in [-0.2, -0.15) is 0 Å². The highest BCUT2D eigenvalue weighted by Gasteiger charge is 2.10. The second-order valence-corrected chi connectivity index (χ2v) is 7.21. The third-order valence-corrected chi connectivity index (χ3v) is 4.77. The number of aryl methyl sites for hydroxylation is 1. The molecule has 1 N–H and O–H groups in total. The molecule has 1 aromatic carbocycles. The number of thiophene rings is 1. The molecule has 6 heteroatoms. The average Bonchev–Trinajstić information content (AvgIpc) is 2.79. The molecule has 0 aliphatic heterocycles. The molecule has 0 fully saturated rings. The second-order valence-electron chi connectivity index (χ2n) is 4.51. The Balaban J connectivity index is 1.98. The smallest absolute Gasteiger partial charge is 0.321 e. The molecule has 0 aliphatic carbocycles. The van der Waals surface area contributed by atoms with E-state index in [-0.39, 0.29) is 6.03 Å². The number of halogens is 2. The SMILES string of the molecule is Cc1ccc(NC(=O)N(C)Cc2csc(Br)c2)cc1Cl. The van der Waals surface area contributed by atoms with E-state index in [1.54, 1.807) is 29.4 Å². The topological polar surface area (TPSA) is 32.3 Å². The number of hydrogen-bond donors (Lipinski definition) is 1. The maximum Gasteiger partial charge on any atom is 0.321 e. The van der Waals surface area contributed by atoms with Crippen molar-refractivity contribution >= 4 is 50.6 Å². The lowest BCUT2D eigenvalue weighted by molar-refractivity contribution is 0.221. The van der Waals surface area contributed by atoms with Crippen LogP contribution in [0.2, 0.25) is 5.02 Å². The summed E-state index contributed by atoms with van der Waals surface area (Å²) >= 11 is 11.1. The Morgan fingerprint density at radius 2 is 2.20 bits per heavy atom. The van der Waals surface area contributed by atoms with E-state index < -0.39 is 0 Å². The number of nitrogens with zero attached hydrogens (tertiary/aromatic N) is 1. The highest BCUT2D eigenvalue weighted by atomic mass is 79.9. The molecule has 0 aliphatic rings. The number of urea groups is 1. The summed E-state index contributed by atoms with van der Waals surface area (Å²) in [7, 11) is 1.76. The number of anilines is 1. The van der Waals surface area contributed by atoms with Crippen molar-refractivity contribution in [1.29, 1.82) is 0 Å². The quantitative estimate of drug-likeness (QED) is 0.794. The highest BCUT2D eigenvalue weighted by Crippen LogP contribution is 2.22. The van der Waals surface area contributed by atoms with Crippen molar-refractivity contribution in [3.05, 3.63) is 49.6 Å². The van der Waals surface area contributed by atoms with E-state index in [9.17, 15) is 4.79 Å². The molecule has 0 unspecified atom stereocenters. The molecule has 106 valence electrons. The van der Waals surface area contributed by atoms with Gasteiger partial charge in [-0.25, -0.2) is 4.79 Å². The van der Waals surface area contributed by atoms with Gasteiger partial charge in [0.1, 0.15) is 0 Å². The fraction of sp³-hybridized carbons (Fsp3) is 0.214. The summed E-state index contributed by atoms with van der Waals surface area (Å²) in [4.78, 5) is 13.7. The van der Waals surface area contributed by atoms with Crippen LogP contribution in [0.15, 0.2) is 33.4 Å². The monoisotopic (exact) mass is 372 g/mol. The van der Waals surface area contributed by atoms with E-state index in [1.807, 2.05) is 30.5 Å². The number of carbonyl (C=O) groups is 1. The number of hydrogen-bond acceptors (Lipinski definition) is 2. The van der Waals surface area contributed by atoms with Gasteiger partial charge in [0.05, 0.1) is 3.79 Å². The molecule has 3 nitrogen and oxygen atoms in total. The summed E-state index contributed by atoms with van der Waals surface area (Å²) in [6, 6.07) is 7.33. The molecule has 0 saturated heterocycles. The van der Waals surface area contributed by atoms with E-state index >= 15 is 0 Å². The summed E-state index contributed by atoms with van der Waals surface area (Å²) in [5.74, 6) is 0. The first kappa shape index (κ1) is 15.4. The summed E-state index contributed by atoms with van der Waals surface area (Å²) < 4.78 is 1.06.